The van der Waals surface area contributed by atoms with Gasteiger partial charge in [-0.15, -0.1) is 0 Å². The molecular weight excluding hydrogens is 264 g/mol. The molecule has 0 aliphatic rings. The zero-order valence-electron chi connectivity index (χ0n) is 14.3. The first-order valence-electron chi connectivity index (χ1n) is 7.92. The Labute approximate surface area is 128 Å². The van der Waals surface area contributed by atoms with Crippen molar-refractivity contribution in [2.45, 2.75) is 53.5 Å². The normalized spacial score (nSPS) is 12.5. The van der Waals surface area contributed by atoms with Crippen molar-refractivity contribution in [1.29, 1.82) is 0 Å². The maximum Gasteiger partial charge on any atom is 0.135 e. The molecule has 0 aliphatic heterocycles. The molecule has 0 aliphatic carbocycles. The number of hydrogen-bond acceptors (Lipinski definition) is 5. The minimum absolute atomic E-state index is 0.248. The third kappa shape index (κ3) is 5.16. The van der Waals surface area contributed by atoms with Gasteiger partial charge in [0, 0.05) is 25.6 Å². The van der Waals surface area contributed by atoms with Crippen LogP contribution in [-0.2, 0) is 11.2 Å². The monoisotopic (exact) mass is 294 g/mol. The summed E-state index contributed by atoms with van der Waals surface area (Å²) < 4.78 is 5.58. The summed E-state index contributed by atoms with van der Waals surface area (Å²) in [6, 6.07) is 0.248. The highest BCUT2D eigenvalue weighted by Crippen LogP contribution is 2.22. The van der Waals surface area contributed by atoms with Crippen LogP contribution >= 0.6 is 0 Å². The summed E-state index contributed by atoms with van der Waals surface area (Å²) in [6.45, 7) is 12.0. The summed E-state index contributed by atoms with van der Waals surface area (Å²) >= 11 is 0. The molecule has 120 valence electrons. The van der Waals surface area contributed by atoms with E-state index >= 15 is 0 Å². The van der Waals surface area contributed by atoms with Crippen LogP contribution in [0.4, 0.5) is 11.6 Å². The lowest BCUT2D eigenvalue weighted by molar-refractivity contribution is 0.126. The van der Waals surface area contributed by atoms with Crippen LogP contribution < -0.4 is 10.6 Å². The van der Waals surface area contributed by atoms with Crippen LogP contribution in [-0.4, -0.2) is 36.3 Å². The Hall–Kier alpha value is -1.36. The van der Waals surface area contributed by atoms with E-state index in [0.717, 1.165) is 42.5 Å². The summed E-state index contributed by atoms with van der Waals surface area (Å²) in [6.07, 6.45) is 1.93. The van der Waals surface area contributed by atoms with E-state index in [0.29, 0.717) is 12.5 Å². The molecule has 1 aromatic rings. The highest BCUT2D eigenvalue weighted by atomic mass is 16.5. The van der Waals surface area contributed by atoms with Crippen LogP contribution in [0.5, 0.6) is 0 Å². The quantitative estimate of drug-likeness (QED) is 0.732. The molecule has 2 N–H and O–H groups in total. The number of ether oxygens (including phenoxy) is 1. The van der Waals surface area contributed by atoms with Gasteiger partial charge in [0.05, 0.1) is 12.6 Å². The van der Waals surface area contributed by atoms with Gasteiger partial charge >= 0.3 is 0 Å². The van der Waals surface area contributed by atoms with Crippen LogP contribution in [0.2, 0.25) is 0 Å². The van der Waals surface area contributed by atoms with Gasteiger partial charge in [-0.1, -0.05) is 20.8 Å². The Bertz CT molecular complexity index is 435. The maximum atomic E-state index is 5.58. The number of rotatable bonds is 9. The molecule has 1 heterocycles. The first kappa shape index (κ1) is 17.7. The Morgan fingerprint density at radius 2 is 1.81 bits per heavy atom. The molecule has 21 heavy (non-hydrogen) atoms. The second-order valence-electron chi connectivity index (χ2n) is 5.62. The molecule has 1 atom stereocenters. The molecule has 0 bridgehead atoms. The molecule has 0 saturated heterocycles. The van der Waals surface area contributed by atoms with Gasteiger partial charge in [-0.25, -0.2) is 9.97 Å². The number of nitrogens with zero attached hydrogens (tertiary/aromatic N) is 2. The van der Waals surface area contributed by atoms with E-state index in [2.05, 4.69) is 41.4 Å². The zero-order chi connectivity index (χ0) is 15.8. The Morgan fingerprint density at radius 3 is 2.33 bits per heavy atom. The molecule has 0 saturated carbocycles. The fraction of sp³-hybridized carbons (Fsp3) is 0.750. The number of hydrogen-bond donors (Lipinski definition) is 2. The maximum absolute atomic E-state index is 5.58. The van der Waals surface area contributed by atoms with Crippen molar-refractivity contribution in [2.24, 2.45) is 5.92 Å². The number of aryl methyl sites for hydroxylation is 1. The van der Waals surface area contributed by atoms with E-state index in [1.54, 1.807) is 0 Å². The van der Waals surface area contributed by atoms with Crippen LogP contribution in [0.1, 0.15) is 45.5 Å². The fourth-order valence-corrected chi connectivity index (χ4v) is 2.10. The van der Waals surface area contributed by atoms with Gasteiger partial charge < -0.3 is 15.4 Å². The zero-order valence-corrected chi connectivity index (χ0v) is 14.3. The lowest BCUT2D eigenvalue weighted by Crippen LogP contribution is -2.32. The largest absolute Gasteiger partial charge is 0.380 e. The van der Waals surface area contributed by atoms with Gasteiger partial charge in [-0.05, 0) is 26.2 Å². The Kier molecular flexibility index (Phi) is 7.43. The average Bonchev–Trinajstić information content (AvgIpc) is 2.46. The minimum Gasteiger partial charge on any atom is -0.380 e. The van der Waals surface area contributed by atoms with Gasteiger partial charge in [-0.2, -0.15) is 0 Å². The van der Waals surface area contributed by atoms with Crippen molar-refractivity contribution >= 4 is 11.6 Å². The minimum atomic E-state index is 0.248. The highest BCUT2D eigenvalue weighted by molar-refractivity contribution is 5.57. The fourth-order valence-electron chi connectivity index (χ4n) is 2.10. The highest BCUT2D eigenvalue weighted by Gasteiger charge is 2.17. The summed E-state index contributed by atoms with van der Waals surface area (Å²) in [5.74, 6) is 3.17. The second-order valence-corrected chi connectivity index (χ2v) is 5.62. The molecule has 5 nitrogen and oxygen atoms in total. The molecular formula is C16H30N4O. The molecule has 5 heteroatoms. The lowest BCUT2D eigenvalue weighted by atomic mass is 10.1. The van der Waals surface area contributed by atoms with Gasteiger partial charge in [0.15, 0.2) is 0 Å². The molecule has 0 radical (unpaired) electrons. The van der Waals surface area contributed by atoms with E-state index in [1.807, 2.05) is 20.9 Å². The van der Waals surface area contributed by atoms with Crippen LogP contribution in [0.15, 0.2) is 0 Å². The summed E-state index contributed by atoms with van der Waals surface area (Å²) in [5, 5.41) is 6.70. The van der Waals surface area contributed by atoms with Gasteiger partial charge in [0.25, 0.3) is 0 Å². The predicted molar refractivity (Wildman–Crippen MR) is 89.1 cm³/mol. The number of nitrogens with one attached hydrogen (secondary N) is 2. The van der Waals surface area contributed by atoms with Crippen LogP contribution in [0.25, 0.3) is 0 Å². The van der Waals surface area contributed by atoms with Gasteiger partial charge in [-0.3, -0.25) is 0 Å². The predicted octanol–water partition coefficient (Wildman–Crippen LogP) is 3.25. The van der Waals surface area contributed by atoms with E-state index < -0.39 is 0 Å². The average molecular weight is 294 g/mol. The molecule has 0 spiro atoms. The Balaban J connectivity index is 3.00. The van der Waals surface area contributed by atoms with Gasteiger partial charge in [0.2, 0.25) is 0 Å². The molecule has 1 rings (SSSR count). The topological polar surface area (TPSA) is 59.1 Å². The van der Waals surface area contributed by atoms with Crippen molar-refractivity contribution in [3.05, 3.63) is 11.4 Å². The summed E-state index contributed by atoms with van der Waals surface area (Å²) in [7, 11) is 1.90. The summed E-state index contributed by atoms with van der Waals surface area (Å²) in [4.78, 5) is 9.25. The van der Waals surface area contributed by atoms with Crippen molar-refractivity contribution in [1.82, 2.24) is 9.97 Å². The van der Waals surface area contributed by atoms with E-state index in [1.165, 1.54) is 0 Å². The molecule has 1 aromatic heterocycles. The molecule has 0 amide bonds. The number of aromatic nitrogens is 2. The SMILES string of the molecule is CCCc1nc(NC)c(C)c(NC(COCC)C(C)C)n1. The van der Waals surface area contributed by atoms with Crippen molar-refractivity contribution in [3.63, 3.8) is 0 Å². The summed E-state index contributed by atoms with van der Waals surface area (Å²) in [5.41, 5.74) is 1.06. The molecule has 1 unspecified atom stereocenters. The van der Waals surface area contributed by atoms with Crippen molar-refractivity contribution < 1.29 is 4.74 Å². The standard InChI is InChI=1S/C16H30N4O/c1-7-9-14-19-15(17-6)12(5)16(20-14)18-13(11(3)4)10-21-8-2/h11,13H,7-10H2,1-6H3,(H2,17,18,19,20). The lowest BCUT2D eigenvalue weighted by Gasteiger charge is -2.24. The smallest absolute Gasteiger partial charge is 0.135 e. The van der Waals surface area contributed by atoms with Crippen molar-refractivity contribution in [2.75, 3.05) is 30.9 Å². The van der Waals surface area contributed by atoms with E-state index in [-0.39, 0.29) is 6.04 Å². The third-order valence-electron chi connectivity index (χ3n) is 3.53. The van der Waals surface area contributed by atoms with Gasteiger partial charge in [0.1, 0.15) is 17.5 Å². The first-order valence-corrected chi connectivity index (χ1v) is 7.92. The van der Waals surface area contributed by atoms with E-state index in [4.69, 9.17) is 4.74 Å². The third-order valence-corrected chi connectivity index (χ3v) is 3.53. The number of anilines is 2. The first-order chi connectivity index (χ1) is 10.0. The van der Waals surface area contributed by atoms with E-state index in [9.17, 15) is 0 Å². The van der Waals surface area contributed by atoms with Crippen LogP contribution in [0, 0.1) is 12.8 Å². The Morgan fingerprint density at radius 1 is 1.14 bits per heavy atom. The van der Waals surface area contributed by atoms with Crippen LogP contribution in [0.3, 0.4) is 0 Å². The molecule has 0 fully saturated rings. The second kappa shape index (κ2) is 8.82. The molecule has 0 aromatic carbocycles. The van der Waals surface area contributed by atoms with Crippen molar-refractivity contribution in [3.8, 4) is 0 Å².